The van der Waals surface area contributed by atoms with Crippen molar-refractivity contribution in [2.24, 2.45) is 0 Å². The van der Waals surface area contributed by atoms with Gasteiger partial charge in [0.05, 0.1) is 0 Å². The van der Waals surface area contributed by atoms with Crippen LogP contribution in [-0.2, 0) is 0 Å². The first-order chi connectivity index (χ1) is 9.65. The van der Waals surface area contributed by atoms with E-state index in [4.69, 9.17) is 9.52 Å². The van der Waals surface area contributed by atoms with Gasteiger partial charge in [-0.15, -0.1) is 0 Å². The first-order valence-corrected chi connectivity index (χ1v) is 6.02. The van der Waals surface area contributed by atoms with Gasteiger partial charge in [0.1, 0.15) is 5.58 Å². The zero-order valence-electron chi connectivity index (χ0n) is 10.4. The average molecular weight is 266 g/mol. The zero-order chi connectivity index (χ0) is 14.1. The van der Waals surface area contributed by atoms with Crippen molar-refractivity contribution in [2.75, 3.05) is 0 Å². The lowest BCUT2D eigenvalue weighted by Crippen LogP contribution is -2.00. The van der Waals surface area contributed by atoms with E-state index in [2.05, 4.69) is 0 Å². The number of rotatable bonds is 3. The van der Waals surface area contributed by atoms with Crippen LogP contribution in [0.4, 0.5) is 0 Å². The van der Waals surface area contributed by atoms with Gasteiger partial charge in [-0.1, -0.05) is 30.3 Å². The van der Waals surface area contributed by atoms with E-state index in [-0.39, 0.29) is 11.5 Å². The number of hydrogen-bond acceptors (Lipinski definition) is 3. The number of carbonyl (C=O) groups excluding carboxylic acids is 1. The zero-order valence-corrected chi connectivity index (χ0v) is 10.4. The van der Waals surface area contributed by atoms with Crippen LogP contribution in [0.25, 0.3) is 11.0 Å². The van der Waals surface area contributed by atoms with Crippen molar-refractivity contribution in [3.63, 3.8) is 0 Å². The van der Waals surface area contributed by atoms with Crippen LogP contribution in [0.15, 0.2) is 59.0 Å². The highest BCUT2D eigenvalue weighted by atomic mass is 16.4. The number of hydrogen-bond donors (Lipinski definition) is 1. The van der Waals surface area contributed by atoms with E-state index in [0.717, 1.165) is 0 Å². The highest BCUT2D eigenvalue weighted by Gasteiger charge is 2.13. The van der Waals surface area contributed by atoms with E-state index in [1.165, 1.54) is 6.07 Å². The molecule has 0 amide bonds. The van der Waals surface area contributed by atoms with E-state index in [9.17, 15) is 9.59 Å². The molecule has 0 fully saturated rings. The minimum atomic E-state index is -1.13. The molecule has 3 aromatic rings. The molecule has 4 nitrogen and oxygen atoms in total. The second kappa shape index (κ2) is 4.66. The Balaban J connectivity index is 2.05. The van der Waals surface area contributed by atoms with Crippen molar-refractivity contribution >= 4 is 22.7 Å². The van der Waals surface area contributed by atoms with Crippen molar-refractivity contribution in [1.82, 2.24) is 0 Å². The van der Waals surface area contributed by atoms with Crippen LogP contribution in [0, 0.1) is 0 Å². The van der Waals surface area contributed by atoms with Gasteiger partial charge in [0.2, 0.25) is 5.76 Å². The Bertz CT molecular complexity index is 800. The minimum absolute atomic E-state index is 0.106. The van der Waals surface area contributed by atoms with Crippen LogP contribution >= 0.6 is 0 Å². The van der Waals surface area contributed by atoms with Gasteiger partial charge in [-0.3, -0.25) is 4.79 Å². The summed E-state index contributed by atoms with van der Waals surface area (Å²) in [5.41, 5.74) is 1.54. The summed E-state index contributed by atoms with van der Waals surface area (Å²) in [6.07, 6.45) is 0. The second-order valence-corrected chi connectivity index (χ2v) is 4.36. The molecule has 2 aromatic carbocycles. The van der Waals surface area contributed by atoms with Crippen LogP contribution in [0.1, 0.15) is 26.5 Å². The number of fused-ring (bicyclic) bond motifs is 1. The molecule has 20 heavy (non-hydrogen) atoms. The van der Waals surface area contributed by atoms with Gasteiger partial charge in [0.25, 0.3) is 0 Å². The van der Waals surface area contributed by atoms with Crippen molar-refractivity contribution in [2.45, 2.75) is 0 Å². The molecule has 0 radical (unpaired) electrons. The number of aromatic carboxylic acids is 1. The van der Waals surface area contributed by atoms with Crippen LogP contribution in [0.5, 0.6) is 0 Å². The summed E-state index contributed by atoms with van der Waals surface area (Å²) < 4.78 is 5.16. The number of carboxylic acid groups (broad SMARTS) is 1. The molecule has 3 rings (SSSR count). The molecule has 4 heteroatoms. The molecule has 0 aliphatic rings. The molecular weight excluding hydrogens is 256 g/mol. The molecule has 98 valence electrons. The van der Waals surface area contributed by atoms with Gasteiger partial charge >= 0.3 is 5.97 Å². The number of benzene rings is 2. The Labute approximate surface area is 114 Å². The molecule has 0 bridgehead atoms. The summed E-state index contributed by atoms with van der Waals surface area (Å²) in [6.45, 7) is 0. The molecule has 1 N–H and O–H groups in total. The summed E-state index contributed by atoms with van der Waals surface area (Å²) in [6, 6.07) is 15.2. The monoisotopic (exact) mass is 266 g/mol. The van der Waals surface area contributed by atoms with Crippen molar-refractivity contribution in [3.05, 3.63) is 71.5 Å². The summed E-state index contributed by atoms with van der Waals surface area (Å²) in [5, 5.41) is 9.48. The molecular formula is C16H10O4. The fraction of sp³-hybridized carbons (Fsp3) is 0. The predicted octanol–water partition coefficient (Wildman–Crippen LogP) is 3.36. The Kier molecular flexibility index (Phi) is 2.84. The Hall–Kier alpha value is -2.88. The highest BCUT2D eigenvalue weighted by molar-refractivity contribution is 6.10. The van der Waals surface area contributed by atoms with Crippen LogP contribution in [0.3, 0.4) is 0 Å². The standard InChI is InChI=1S/C16H10O4/c17-15(10-4-2-1-3-5-10)11-6-7-13-12(8-11)9-14(20-13)16(18)19/h1-9H,(H,18,19). The third-order valence-electron chi connectivity index (χ3n) is 3.03. The summed E-state index contributed by atoms with van der Waals surface area (Å²) in [7, 11) is 0. The molecule has 0 saturated carbocycles. The summed E-state index contributed by atoms with van der Waals surface area (Å²) in [4.78, 5) is 23.1. The van der Waals surface area contributed by atoms with E-state index in [0.29, 0.717) is 22.1 Å². The summed E-state index contributed by atoms with van der Waals surface area (Å²) in [5.74, 6) is -1.37. The topological polar surface area (TPSA) is 67.5 Å². The van der Waals surface area contributed by atoms with Crippen molar-refractivity contribution in [3.8, 4) is 0 Å². The minimum Gasteiger partial charge on any atom is -0.475 e. The van der Waals surface area contributed by atoms with Gasteiger partial charge in [0.15, 0.2) is 5.78 Å². The van der Waals surface area contributed by atoms with Crippen LogP contribution < -0.4 is 0 Å². The van der Waals surface area contributed by atoms with E-state index in [1.54, 1.807) is 42.5 Å². The van der Waals surface area contributed by atoms with Gasteiger partial charge in [0, 0.05) is 16.5 Å². The maximum atomic E-state index is 12.3. The summed E-state index contributed by atoms with van der Waals surface area (Å²) >= 11 is 0. The fourth-order valence-corrected chi connectivity index (χ4v) is 2.05. The van der Waals surface area contributed by atoms with E-state index < -0.39 is 5.97 Å². The highest BCUT2D eigenvalue weighted by Crippen LogP contribution is 2.22. The lowest BCUT2D eigenvalue weighted by atomic mass is 10.0. The van der Waals surface area contributed by atoms with Gasteiger partial charge < -0.3 is 9.52 Å². The van der Waals surface area contributed by atoms with E-state index in [1.807, 2.05) is 6.07 Å². The molecule has 0 saturated heterocycles. The van der Waals surface area contributed by atoms with Crippen molar-refractivity contribution in [1.29, 1.82) is 0 Å². The number of carboxylic acids is 1. The molecule has 0 aliphatic heterocycles. The average Bonchev–Trinajstić information content (AvgIpc) is 2.90. The lowest BCUT2D eigenvalue weighted by molar-refractivity contribution is 0.0665. The fourth-order valence-electron chi connectivity index (χ4n) is 2.05. The number of ketones is 1. The predicted molar refractivity (Wildman–Crippen MR) is 73.0 cm³/mol. The molecule has 0 aliphatic carbocycles. The maximum Gasteiger partial charge on any atom is 0.371 e. The lowest BCUT2D eigenvalue weighted by Gasteiger charge is -2.00. The normalized spacial score (nSPS) is 10.6. The molecule has 0 unspecified atom stereocenters. The smallest absolute Gasteiger partial charge is 0.371 e. The maximum absolute atomic E-state index is 12.3. The first kappa shape index (κ1) is 12.2. The third-order valence-corrected chi connectivity index (χ3v) is 3.03. The molecule has 0 atom stereocenters. The van der Waals surface area contributed by atoms with E-state index >= 15 is 0 Å². The largest absolute Gasteiger partial charge is 0.475 e. The van der Waals surface area contributed by atoms with Gasteiger partial charge in [-0.05, 0) is 24.3 Å². The number of carbonyl (C=O) groups is 2. The molecule has 1 aromatic heterocycles. The molecule has 0 spiro atoms. The third kappa shape index (κ3) is 2.07. The Morgan fingerprint density at radius 2 is 1.65 bits per heavy atom. The number of furan rings is 1. The van der Waals surface area contributed by atoms with Crippen molar-refractivity contribution < 1.29 is 19.1 Å². The second-order valence-electron chi connectivity index (χ2n) is 4.36. The molecule has 1 heterocycles. The van der Waals surface area contributed by atoms with Gasteiger partial charge in [-0.2, -0.15) is 0 Å². The first-order valence-electron chi connectivity index (χ1n) is 6.02. The SMILES string of the molecule is O=C(c1ccccc1)c1ccc2oc(C(=O)O)cc2c1. The quantitative estimate of drug-likeness (QED) is 0.738. The Morgan fingerprint density at radius 3 is 2.35 bits per heavy atom. The van der Waals surface area contributed by atoms with Gasteiger partial charge in [-0.25, -0.2) is 4.79 Å². The Morgan fingerprint density at radius 1 is 0.900 bits per heavy atom. The van der Waals surface area contributed by atoms with Crippen LogP contribution in [0.2, 0.25) is 0 Å². The van der Waals surface area contributed by atoms with Crippen LogP contribution in [-0.4, -0.2) is 16.9 Å².